The molecule has 3 nitrogen and oxygen atoms in total. The number of ether oxygens (including phenoxy) is 1. The van der Waals surface area contributed by atoms with Crippen LogP contribution < -0.4 is 10.1 Å². The fraction of sp³-hybridized carbons (Fsp3) is 0.462. The molecular formula is C13H19NO2S. The third kappa shape index (κ3) is 5.13. The van der Waals surface area contributed by atoms with Crippen molar-refractivity contribution in [2.24, 2.45) is 0 Å². The highest BCUT2D eigenvalue weighted by Gasteiger charge is 2.05. The molecule has 0 bridgehead atoms. The summed E-state index contributed by atoms with van der Waals surface area (Å²) in [7, 11) is 0. The van der Waals surface area contributed by atoms with Crippen LogP contribution in [0.2, 0.25) is 0 Å². The van der Waals surface area contributed by atoms with Crippen molar-refractivity contribution in [3.63, 3.8) is 0 Å². The molecule has 0 unspecified atom stereocenters. The highest BCUT2D eigenvalue weighted by molar-refractivity contribution is 7.80. The zero-order chi connectivity index (χ0) is 12.5. The van der Waals surface area contributed by atoms with Crippen molar-refractivity contribution in [3.8, 4) is 5.75 Å². The number of carbonyl (C=O) groups excluding carboxylic acids is 1. The molecule has 0 saturated carbocycles. The smallest absolute Gasteiger partial charge is 0.251 e. The van der Waals surface area contributed by atoms with Gasteiger partial charge in [0.05, 0.1) is 6.61 Å². The van der Waals surface area contributed by atoms with Crippen LogP contribution >= 0.6 is 12.6 Å². The van der Waals surface area contributed by atoms with Gasteiger partial charge in [-0.3, -0.25) is 4.79 Å². The number of nitrogens with one attached hydrogen (secondary N) is 1. The van der Waals surface area contributed by atoms with Gasteiger partial charge >= 0.3 is 0 Å². The molecule has 0 radical (unpaired) electrons. The molecule has 0 atom stereocenters. The van der Waals surface area contributed by atoms with Crippen LogP contribution in [0.25, 0.3) is 0 Å². The summed E-state index contributed by atoms with van der Waals surface area (Å²) in [6.07, 6.45) is 2.12. The van der Waals surface area contributed by atoms with Crippen LogP contribution in [0.3, 0.4) is 0 Å². The first kappa shape index (κ1) is 13.9. The Morgan fingerprint density at radius 3 is 3.00 bits per heavy atom. The molecule has 0 spiro atoms. The topological polar surface area (TPSA) is 38.3 Å². The van der Waals surface area contributed by atoms with E-state index in [9.17, 15) is 4.79 Å². The van der Waals surface area contributed by atoms with Crippen molar-refractivity contribution in [3.05, 3.63) is 29.8 Å². The third-order valence-corrected chi connectivity index (χ3v) is 2.48. The Labute approximate surface area is 108 Å². The van der Waals surface area contributed by atoms with Crippen molar-refractivity contribution in [2.45, 2.75) is 19.8 Å². The third-order valence-electron chi connectivity index (χ3n) is 2.26. The highest BCUT2D eigenvalue weighted by atomic mass is 32.1. The van der Waals surface area contributed by atoms with Crippen LogP contribution in [-0.4, -0.2) is 24.8 Å². The van der Waals surface area contributed by atoms with E-state index in [-0.39, 0.29) is 5.91 Å². The van der Waals surface area contributed by atoms with Gasteiger partial charge in [0.2, 0.25) is 0 Å². The summed E-state index contributed by atoms with van der Waals surface area (Å²) in [4.78, 5) is 11.7. The summed E-state index contributed by atoms with van der Waals surface area (Å²) >= 11 is 4.05. The molecule has 0 aliphatic carbocycles. The van der Waals surface area contributed by atoms with Gasteiger partial charge in [-0.1, -0.05) is 19.4 Å². The number of unbranched alkanes of at least 4 members (excludes halogenated alkanes) is 1. The molecule has 1 amide bonds. The normalized spacial score (nSPS) is 10.0. The van der Waals surface area contributed by atoms with Crippen LogP contribution in [0, 0.1) is 0 Å². The Morgan fingerprint density at radius 2 is 2.29 bits per heavy atom. The van der Waals surface area contributed by atoms with Gasteiger partial charge in [-0.15, -0.1) is 0 Å². The number of thiol groups is 1. The van der Waals surface area contributed by atoms with Gasteiger partial charge in [0.25, 0.3) is 5.91 Å². The summed E-state index contributed by atoms with van der Waals surface area (Å²) in [5.74, 6) is 1.30. The lowest BCUT2D eigenvalue weighted by Gasteiger charge is -2.07. The average Bonchev–Trinajstić information content (AvgIpc) is 2.36. The molecular weight excluding hydrogens is 234 g/mol. The molecule has 0 aromatic heterocycles. The van der Waals surface area contributed by atoms with Gasteiger partial charge in [-0.05, 0) is 24.6 Å². The Hall–Kier alpha value is -1.16. The van der Waals surface area contributed by atoms with Crippen LogP contribution in [0.1, 0.15) is 30.1 Å². The van der Waals surface area contributed by atoms with Crippen molar-refractivity contribution in [1.82, 2.24) is 5.32 Å². The quantitative estimate of drug-likeness (QED) is 0.579. The van der Waals surface area contributed by atoms with E-state index in [1.54, 1.807) is 12.1 Å². The second kappa shape index (κ2) is 8.01. The molecule has 0 aliphatic rings. The van der Waals surface area contributed by atoms with Crippen LogP contribution in [0.15, 0.2) is 24.3 Å². The molecule has 1 aromatic rings. The van der Waals surface area contributed by atoms with E-state index in [4.69, 9.17) is 4.74 Å². The Balaban J connectivity index is 2.55. The zero-order valence-corrected chi connectivity index (χ0v) is 11.0. The predicted octanol–water partition coefficient (Wildman–Crippen LogP) is 2.53. The Bertz CT molecular complexity index is 355. The van der Waals surface area contributed by atoms with E-state index < -0.39 is 0 Å². The average molecular weight is 253 g/mol. The molecule has 1 N–H and O–H groups in total. The lowest BCUT2D eigenvalue weighted by molar-refractivity contribution is 0.0955. The van der Waals surface area contributed by atoms with E-state index in [2.05, 4.69) is 24.9 Å². The maximum absolute atomic E-state index is 11.7. The standard InChI is InChI=1S/C13H19NO2S/c1-2-3-8-16-12-6-4-5-11(10-12)13(15)14-7-9-17/h4-6,10,17H,2-3,7-9H2,1H3,(H,14,15). The molecule has 4 heteroatoms. The minimum absolute atomic E-state index is 0.0833. The van der Waals surface area contributed by atoms with Crippen LogP contribution in [0.5, 0.6) is 5.75 Å². The summed E-state index contributed by atoms with van der Waals surface area (Å²) in [5.41, 5.74) is 0.626. The lowest BCUT2D eigenvalue weighted by atomic mass is 10.2. The number of benzene rings is 1. The number of hydrogen-bond acceptors (Lipinski definition) is 3. The monoisotopic (exact) mass is 253 g/mol. The van der Waals surface area contributed by atoms with Gasteiger partial charge in [-0.25, -0.2) is 0 Å². The molecule has 1 aromatic carbocycles. The van der Waals surface area contributed by atoms with Crippen LogP contribution in [0.4, 0.5) is 0 Å². The predicted molar refractivity (Wildman–Crippen MR) is 73.0 cm³/mol. The molecule has 0 heterocycles. The Kier molecular flexibility index (Phi) is 6.55. The van der Waals surface area contributed by atoms with E-state index in [0.29, 0.717) is 24.5 Å². The van der Waals surface area contributed by atoms with Crippen molar-refractivity contribution in [2.75, 3.05) is 18.9 Å². The molecule has 0 saturated heterocycles. The minimum Gasteiger partial charge on any atom is -0.494 e. The summed E-state index contributed by atoms with van der Waals surface area (Å²) in [5, 5.41) is 2.77. The molecule has 0 aliphatic heterocycles. The number of rotatable bonds is 7. The van der Waals surface area contributed by atoms with Gasteiger partial charge in [0, 0.05) is 17.9 Å². The molecule has 17 heavy (non-hydrogen) atoms. The fourth-order valence-corrected chi connectivity index (χ4v) is 1.44. The molecule has 0 fully saturated rings. The van der Waals surface area contributed by atoms with E-state index in [0.717, 1.165) is 18.6 Å². The lowest BCUT2D eigenvalue weighted by Crippen LogP contribution is -2.25. The largest absolute Gasteiger partial charge is 0.494 e. The van der Waals surface area contributed by atoms with Crippen LogP contribution in [-0.2, 0) is 0 Å². The minimum atomic E-state index is -0.0833. The number of hydrogen-bond donors (Lipinski definition) is 2. The first-order valence-electron chi connectivity index (χ1n) is 5.90. The number of amides is 1. The maximum atomic E-state index is 11.7. The molecule has 94 valence electrons. The SMILES string of the molecule is CCCCOc1cccc(C(=O)NCCS)c1. The van der Waals surface area contributed by atoms with Crippen molar-refractivity contribution < 1.29 is 9.53 Å². The summed E-state index contributed by atoms with van der Waals surface area (Å²) in [6, 6.07) is 7.24. The highest BCUT2D eigenvalue weighted by Crippen LogP contribution is 2.13. The van der Waals surface area contributed by atoms with E-state index in [1.165, 1.54) is 0 Å². The molecule has 1 rings (SSSR count). The second-order valence-corrected chi connectivity index (χ2v) is 4.16. The number of carbonyl (C=O) groups is 1. The van der Waals surface area contributed by atoms with E-state index >= 15 is 0 Å². The van der Waals surface area contributed by atoms with E-state index in [1.807, 2.05) is 12.1 Å². The second-order valence-electron chi connectivity index (χ2n) is 3.71. The maximum Gasteiger partial charge on any atom is 0.251 e. The van der Waals surface area contributed by atoms with Crippen molar-refractivity contribution in [1.29, 1.82) is 0 Å². The zero-order valence-electron chi connectivity index (χ0n) is 10.1. The van der Waals surface area contributed by atoms with Gasteiger partial charge in [0.15, 0.2) is 0 Å². The van der Waals surface area contributed by atoms with Gasteiger partial charge in [0.1, 0.15) is 5.75 Å². The van der Waals surface area contributed by atoms with Gasteiger partial charge < -0.3 is 10.1 Å². The first-order chi connectivity index (χ1) is 8.27. The van der Waals surface area contributed by atoms with Gasteiger partial charge in [-0.2, -0.15) is 12.6 Å². The van der Waals surface area contributed by atoms with Crippen molar-refractivity contribution >= 4 is 18.5 Å². The fourth-order valence-electron chi connectivity index (χ4n) is 1.33. The first-order valence-corrected chi connectivity index (χ1v) is 6.53. The summed E-state index contributed by atoms with van der Waals surface area (Å²) in [6.45, 7) is 3.38. The Morgan fingerprint density at radius 1 is 1.47 bits per heavy atom. The summed E-state index contributed by atoms with van der Waals surface area (Å²) < 4.78 is 5.55.